The minimum absolute atomic E-state index is 0.902. The fraction of sp³-hybridized carbons (Fsp3) is 1.00. The number of likely N-dealkylation sites (tertiary alicyclic amines) is 1. The Morgan fingerprint density at radius 2 is 2.20 bits per heavy atom. The lowest BCUT2D eigenvalue weighted by atomic mass is 9.95. The molecule has 88 valence electrons. The highest BCUT2D eigenvalue weighted by molar-refractivity contribution is 4.77. The summed E-state index contributed by atoms with van der Waals surface area (Å²) >= 11 is 0. The third-order valence-electron chi connectivity index (χ3n) is 3.75. The Bertz CT molecular complexity index is 180. The Labute approximate surface area is 93.6 Å². The van der Waals surface area contributed by atoms with Gasteiger partial charge < -0.3 is 15.5 Å². The second-order valence-corrected chi connectivity index (χ2v) is 5.29. The van der Waals surface area contributed by atoms with Crippen molar-refractivity contribution < 1.29 is 0 Å². The molecule has 0 spiro atoms. The van der Waals surface area contributed by atoms with Gasteiger partial charge in [0.2, 0.25) is 0 Å². The van der Waals surface area contributed by atoms with E-state index in [2.05, 4.69) is 22.6 Å². The van der Waals surface area contributed by atoms with Crippen molar-refractivity contribution in [1.29, 1.82) is 0 Å². The SMILES string of the molecule is CN1CCCC(CCNCC2CNC2)C1. The van der Waals surface area contributed by atoms with E-state index in [1.807, 2.05) is 0 Å². The molecule has 0 aromatic carbocycles. The van der Waals surface area contributed by atoms with Gasteiger partial charge in [0.25, 0.3) is 0 Å². The first-order valence-electron chi connectivity index (χ1n) is 6.44. The lowest BCUT2D eigenvalue weighted by molar-refractivity contribution is 0.200. The molecule has 3 nitrogen and oxygen atoms in total. The van der Waals surface area contributed by atoms with Crippen molar-refractivity contribution in [3.05, 3.63) is 0 Å². The topological polar surface area (TPSA) is 27.3 Å². The number of rotatable bonds is 5. The summed E-state index contributed by atoms with van der Waals surface area (Å²) in [5.74, 6) is 1.84. The predicted molar refractivity (Wildman–Crippen MR) is 64.1 cm³/mol. The normalized spacial score (nSPS) is 29.0. The first-order valence-corrected chi connectivity index (χ1v) is 6.44. The smallest absolute Gasteiger partial charge is 0.000709 e. The molecule has 0 saturated carbocycles. The standard InChI is InChI=1S/C12H25N3/c1-15-6-2-3-11(10-15)4-5-13-7-12-8-14-9-12/h11-14H,2-10H2,1H3. The molecule has 2 saturated heterocycles. The fourth-order valence-electron chi connectivity index (χ4n) is 2.61. The van der Waals surface area contributed by atoms with Crippen molar-refractivity contribution in [2.45, 2.75) is 19.3 Å². The maximum absolute atomic E-state index is 3.59. The Balaban J connectivity index is 1.49. The number of nitrogens with one attached hydrogen (secondary N) is 2. The second-order valence-electron chi connectivity index (χ2n) is 5.29. The number of nitrogens with zero attached hydrogens (tertiary/aromatic N) is 1. The van der Waals surface area contributed by atoms with Gasteiger partial charge in [-0.2, -0.15) is 0 Å². The molecule has 2 rings (SSSR count). The summed E-state index contributed by atoms with van der Waals surface area (Å²) < 4.78 is 0. The van der Waals surface area contributed by atoms with E-state index < -0.39 is 0 Å². The maximum atomic E-state index is 3.59. The van der Waals surface area contributed by atoms with Crippen LogP contribution < -0.4 is 10.6 Å². The third kappa shape index (κ3) is 3.74. The highest BCUT2D eigenvalue weighted by atomic mass is 15.1. The molecule has 1 unspecified atom stereocenters. The van der Waals surface area contributed by atoms with Crippen LogP contribution >= 0.6 is 0 Å². The zero-order chi connectivity index (χ0) is 10.5. The van der Waals surface area contributed by atoms with Gasteiger partial charge in [0.1, 0.15) is 0 Å². The van der Waals surface area contributed by atoms with Crippen molar-refractivity contribution in [3.63, 3.8) is 0 Å². The first-order chi connectivity index (χ1) is 7.34. The fourth-order valence-corrected chi connectivity index (χ4v) is 2.61. The summed E-state index contributed by atoms with van der Waals surface area (Å²) in [6.45, 7) is 7.49. The molecule has 2 heterocycles. The zero-order valence-corrected chi connectivity index (χ0v) is 9.97. The molecule has 3 heteroatoms. The van der Waals surface area contributed by atoms with Crippen LogP contribution in [0.4, 0.5) is 0 Å². The Morgan fingerprint density at radius 1 is 1.33 bits per heavy atom. The van der Waals surface area contributed by atoms with Gasteiger partial charge in [0, 0.05) is 26.2 Å². The summed E-state index contributed by atoms with van der Waals surface area (Å²) in [7, 11) is 2.25. The van der Waals surface area contributed by atoms with Crippen LogP contribution in [0.3, 0.4) is 0 Å². The van der Waals surface area contributed by atoms with E-state index in [1.54, 1.807) is 0 Å². The molecule has 0 amide bonds. The Morgan fingerprint density at radius 3 is 2.87 bits per heavy atom. The molecule has 0 aliphatic carbocycles. The average Bonchev–Trinajstić information content (AvgIpc) is 2.15. The Kier molecular flexibility index (Phi) is 4.42. The van der Waals surface area contributed by atoms with Crippen LogP contribution in [0.2, 0.25) is 0 Å². The van der Waals surface area contributed by atoms with E-state index in [9.17, 15) is 0 Å². The van der Waals surface area contributed by atoms with Crippen LogP contribution in [0.15, 0.2) is 0 Å². The van der Waals surface area contributed by atoms with Crippen LogP contribution in [0.25, 0.3) is 0 Å². The molecule has 2 N–H and O–H groups in total. The monoisotopic (exact) mass is 211 g/mol. The van der Waals surface area contributed by atoms with Crippen molar-refractivity contribution in [2.24, 2.45) is 11.8 Å². The van der Waals surface area contributed by atoms with Crippen LogP contribution in [-0.4, -0.2) is 51.2 Å². The van der Waals surface area contributed by atoms with Crippen molar-refractivity contribution in [3.8, 4) is 0 Å². The van der Waals surface area contributed by atoms with Gasteiger partial charge in [0.05, 0.1) is 0 Å². The van der Waals surface area contributed by atoms with Gasteiger partial charge in [-0.3, -0.25) is 0 Å². The molecular formula is C12H25N3. The minimum atomic E-state index is 0.902. The second kappa shape index (κ2) is 5.83. The van der Waals surface area contributed by atoms with Crippen molar-refractivity contribution in [2.75, 3.05) is 46.3 Å². The summed E-state index contributed by atoms with van der Waals surface area (Å²) in [6, 6.07) is 0. The number of piperidine rings is 1. The van der Waals surface area contributed by atoms with E-state index >= 15 is 0 Å². The van der Waals surface area contributed by atoms with Gasteiger partial charge in [-0.25, -0.2) is 0 Å². The molecule has 2 aliphatic heterocycles. The summed E-state index contributed by atoms with van der Waals surface area (Å²) in [5.41, 5.74) is 0. The van der Waals surface area contributed by atoms with Crippen LogP contribution in [0.5, 0.6) is 0 Å². The van der Waals surface area contributed by atoms with Crippen LogP contribution in [0.1, 0.15) is 19.3 Å². The highest BCUT2D eigenvalue weighted by Gasteiger charge is 2.18. The van der Waals surface area contributed by atoms with Crippen LogP contribution in [0, 0.1) is 11.8 Å². The van der Waals surface area contributed by atoms with Gasteiger partial charge >= 0.3 is 0 Å². The quantitative estimate of drug-likeness (QED) is 0.650. The molecule has 0 bridgehead atoms. The van der Waals surface area contributed by atoms with Crippen molar-refractivity contribution in [1.82, 2.24) is 15.5 Å². The van der Waals surface area contributed by atoms with E-state index in [-0.39, 0.29) is 0 Å². The van der Waals surface area contributed by atoms with Gasteiger partial charge in [0.15, 0.2) is 0 Å². The maximum Gasteiger partial charge on any atom is 0.000709 e. The molecule has 2 fully saturated rings. The summed E-state index contributed by atoms with van der Waals surface area (Å²) in [4.78, 5) is 2.48. The van der Waals surface area contributed by atoms with E-state index in [4.69, 9.17) is 0 Å². The third-order valence-corrected chi connectivity index (χ3v) is 3.75. The Hall–Kier alpha value is -0.120. The minimum Gasteiger partial charge on any atom is -0.316 e. The highest BCUT2D eigenvalue weighted by Crippen LogP contribution is 2.17. The number of hydrogen-bond donors (Lipinski definition) is 2. The number of hydrogen-bond acceptors (Lipinski definition) is 3. The van der Waals surface area contributed by atoms with Gasteiger partial charge in [-0.1, -0.05) is 0 Å². The molecule has 0 aromatic rings. The lowest BCUT2D eigenvalue weighted by Crippen LogP contribution is -2.47. The largest absolute Gasteiger partial charge is 0.316 e. The van der Waals surface area contributed by atoms with E-state index in [0.29, 0.717) is 0 Å². The van der Waals surface area contributed by atoms with Gasteiger partial charge in [-0.15, -0.1) is 0 Å². The molecular weight excluding hydrogens is 186 g/mol. The molecule has 0 radical (unpaired) electrons. The zero-order valence-electron chi connectivity index (χ0n) is 9.97. The first kappa shape index (κ1) is 11.4. The average molecular weight is 211 g/mol. The predicted octanol–water partition coefficient (Wildman–Crippen LogP) is 0.527. The van der Waals surface area contributed by atoms with Gasteiger partial charge in [-0.05, 0) is 51.2 Å². The van der Waals surface area contributed by atoms with Crippen molar-refractivity contribution >= 4 is 0 Å². The lowest BCUT2D eigenvalue weighted by Gasteiger charge is -2.30. The van der Waals surface area contributed by atoms with E-state index in [0.717, 1.165) is 11.8 Å². The van der Waals surface area contributed by atoms with E-state index in [1.165, 1.54) is 58.5 Å². The molecule has 15 heavy (non-hydrogen) atoms. The summed E-state index contributed by atoms with van der Waals surface area (Å²) in [6.07, 6.45) is 4.20. The molecule has 1 atom stereocenters. The summed E-state index contributed by atoms with van der Waals surface area (Å²) in [5, 5.41) is 6.90. The molecule has 0 aromatic heterocycles. The van der Waals surface area contributed by atoms with Crippen LogP contribution in [-0.2, 0) is 0 Å². The molecule has 2 aliphatic rings.